The summed E-state index contributed by atoms with van der Waals surface area (Å²) in [7, 11) is 0. The lowest BCUT2D eigenvalue weighted by atomic mass is 10.0. The highest BCUT2D eigenvalue weighted by Crippen LogP contribution is 2.22. The van der Waals surface area contributed by atoms with Crippen molar-refractivity contribution in [3.8, 4) is 5.75 Å². The van der Waals surface area contributed by atoms with Crippen LogP contribution in [0.4, 0.5) is 0 Å². The van der Waals surface area contributed by atoms with E-state index in [0.29, 0.717) is 58.6 Å². The number of hydrogen-bond acceptors (Lipinski definition) is 6. The number of aromatic carboxylic acids is 1. The molecule has 0 aliphatic carbocycles. The quantitative estimate of drug-likeness (QED) is 0.139. The molecule has 0 radical (unpaired) electrons. The number of benzene rings is 2. The predicted octanol–water partition coefficient (Wildman–Crippen LogP) is 6.71. The van der Waals surface area contributed by atoms with E-state index in [1.807, 2.05) is 36.4 Å². The minimum absolute atomic E-state index is 0.209. The minimum Gasteiger partial charge on any atom is -0.490 e. The monoisotopic (exact) mass is 544 g/mol. The highest BCUT2D eigenvalue weighted by Gasteiger charge is 2.12. The van der Waals surface area contributed by atoms with Crippen molar-refractivity contribution in [1.82, 2.24) is 0 Å². The third kappa shape index (κ3) is 16.3. The lowest BCUT2D eigenvalue weighted by Gasteiger charge is -2.12. The fourth-order valence-electron chi connectivity index (χ4n) is 4.12. The van der Waals surface area contributed by atoms with Crippen molar-refractivity contribution in [2.24, 2.45) is 0 Å². The number of unbranched alkanes of at least 4 members (excludes halogenated alkanes) is 7. The maximum Gasteiger partial charge on any atom is 0.339 e. The van der Waals surface area contributed by atoms with E-state index in [4.69, 9.17) is 23.7 Å². The van der Waals surface area contributed by atoms with Crippen LogP contribution in [-0.4, -0.2) is 63.9 Å². The van der Waals surface area contributed by atoms with Gasteiger partial charge in [0.2, 0.25) is 0 Å². The maximum atomic E-state index is 11.7. The van der Waals surface area contributed by atoms with Gasteiger partial charge < -0.3 is 28.8 Å². The summed E-state index contributed by atoms with van der Waals surface area (Å²) in [6.07, 6.45) is 11.0. The first-order valence-electron chi connectivity index (χ1n) is 14.5. The van der Waals surface area contributed by atoms with Crippen molar-refractivity contribution in [2.45, 2.75) is 71.3 Å². The zero-order valence-corrected chi connectivity index (χ0v) is 23.7. The van der Waals surface area contributed by atoms with Crippen molar-refractivity contribution in [3.63, 3.8) is 0 Å². The van der Waals surface area contributed by atoms with E-state index in [9.17, 15) is 9.90 Å². The van der Waals surface area contributed by atoms with Crippen LogP contribution in [0.1, 0.15) is 79.8 Å². The molecule has 0 spiro atoms. The molecule has 7 heteroatoms. The van der Waals surface area contributed by atoms with E-state index in [0.717, 1.165) is 24.0 Å². The summed E-state index contributed by atoms with van der Waals surface area (Å²) >= 11 is 0. The van der Waals surface area contributed by atoms with Crippen molar-refractivity contribution in [1.29, 1.82) is 0 Å². The number of hydrogen-bond donors (Lipinski definition) is 1. The second kappa shape index (κ2) is 22.4. The molecular formula is C32H48O7. The van der Waals surface area contributed by atoms with Gasteiger partial charge in [0.25, 0.3) is 0 Å². The van der Waals surface area contributed by atoms with Gasteiger partial charge in [-0.15, -0.1) is 0 Å². The van der Waals surface area contributed by atoms with Crippen LogP contribution in [0.3, 0.4) is 0 Å². The number of carboxylic acids is 1. The summed E-state index contributed by atoms with van der Waals surface area (Å²) in [5, 5.41) is 9.61. The fourth-order valence-corrected chi connectivity index (χ4v) is 4.12. The van der Waals surface area contributed by atoms with Gasteiger partial charge in [-0.05, 0) is 36.1 Å². The van der Waals surface area contributed by atoms with Gasteiger partial charge in [0.1, 0.15) is 17.9 Å². The van der Waals surface area contributed by atoms with Crippen molar-refractivity contribution >= 4 is 5.97 Å². The van der Waals surface area contributed by atoms with Gasteiger partial charge in [0.15, 0.2) is 0 Å². The molecule has 2 aromatic carbocycles. The van der Waals surface area contributed by atoms with E-state index >= 15 is 0 Å². The summed E-state index contributed by atoms with van der Waals surface area (Å²) in [4.78, 5) is 11.7. The topological polar surface area (TPSA) is 83.5 Å². The third-order valence-corrected chi connectivity index (χ3v) is 6.31. The van der Waals surface area contributed by atoms with Crippen molar-refractivity contribution in [3.05, 3.63) is 65.2 Å². The van der Waals surface area contributed by atoms with Gasteiger partial charge in [-0.2, -0.15) is 0 Å². The van der Waals surface area contributed by atoms with Crippen LogP contribution in [0.15, 0.2) is 48.5 Å². The van der Waals surface area contributed by atoms with Gasteiger partial charge in [-0.3, -0.25) is 0 Å². The van der Waals surface area contributed by atoms with Crippen LogP contribution in [0.2, 0.25) is 0 Å². The third-order valence-electron chi connectivity index (χ3n) is 6.31. The van der Waals surface area contributed by atoms with E-state index in [2.05, 4.69) is 6.92 Å². The lowest BCUT2D eigenvalue weighted by Crippen LogP contribution is -2.14. The molecule has 2 aromatic rings. The normalized spacial score (nSPS) is 11.1. The smallest absolute Gasteiger partial charge is 0.339 e. The summed E-state index contributed by atoms with van der Waals surface area (Å²) in [6, 6.07) is 15.5. The summed E-state index contributed by atoms with van der Waals surface area (Å²) < 4.78 is 27.8. The predicted molar refractivity (Wildman–Crippen MR) is 154 cm³/mol. The number of carbonyl (C=O) groups is 1. The summed E-state index contributed by atoms with van der Waals surface area (Å²) in [5.74, 6) is -0.589. The zero-order valence-electron chi connectivity index (χ0n) is 23.7. The van der Waals surface area contributed by atoms with Crippen molar-refractivity contribution < 1.29 is 33.6 Å². The fraction of sp³-hybridized carbons (Fsp3) is 0.594. The zero-order chi connectivity index (χ0) is 27.8. The molecule has 0 aliphatic heterocycles. The Morgan fingerprint density at radius 1 is 0.641 bits per heavy atom. The van der Waals surface area contributed by atoms with Crippen LogP contribution in [0, 0.1) is 0 Å². The summed E-state index contributed by atoms with van der Waals surface area (Å²) in [6.45, 7) is 6.43. The number of ether oxygens (including phenoxy) is 5. The van der Waals surface area contributed by atoms with Crippen LogP contribution in [0.25, 0.3) is 0 Å². The average Bonchev–Trinajstić information content (AvgIpc) is 2.95. The molecule has 0 atom stereocenters. The molecule has 1 N–H and O–H groups in total. The van der Waals surface area contributed by atoms with Gasteiger partial charge in [-0.25, -0.2) is 4.79 Å². The molecule has 0 heterocycles. The second-order valence-corrected chi connectivity index (χ2v) is 9.58. The van der Waals surface area contributed by atoms with Crippen LogP contribution in [0.5, 0.6) is 5.75 Å². The van der Waals surface area contributed by atoms with E-state index in [1.54, 1.807) is 12.1 Å². The SMILES string of the molecule is CCCCCCCCCCc1ccc(OCCOCCOCCOCCOCc2ccccc2)c(C(=O)O)c1. The van der Waals surface area contributed by atoms with Gasteiger partial charge in [0.05, 0.1) is 52.9 Å². The highest BCUT2D eigenvalue weighted by atomic mass is 16.6. The number of rotatable bonds is 25. The Hall–Kier alpha value is -2.45. The molecular weight excluding hydrogens is 496 g/mol. The Morgan fingerprint density at radius 3 is 1.82 bits per heavy atom. The molecule has 0 amide bonds. The van der Waals surface area contributed by atoms with Gasteiger partial charge in [-0.1, -0.05) is 88.3 Å². The molecule has 39 heavy (non-hydrogen) atoms. The molecule has 0 saturated heterocycles. The minimum atomic E-state index is -0.970. The molecule has 0 bridgehead atoms. The Kier molecular flexibility index (Phi) is 18.8. The van der Waals surface area contributed by atoms with E-state index in [-0.39, 0.29) is 12.2 Å². The van der Waals surface area contributed by atoms with Crippen molar-refractivity contribution in [2.75, 3.05) is 52.9 Å². The Balaban J connectivity index is 1.45. The van der Waals surface area contributed by atoms with E-state index in [1.165, 1.54) is 44.9 Å². The van der Waals surface area contributed by atoms with Crippen LogP contribution in [-0.2, 0) is 32.0 Å². The number of carboxylic acid groups (broad SMARTS) is 1. The Bertz CT molecular complexity index is 872. The summed E-state index contributed by atoms with van der Waals surface area (Å²) in [5.41, 5.74) is 2.40. The molecule has 2 rings (SSSR count). The molecule has 0 unspecified atom stereocenters. The molecule has 0 saturated carbocycles. The molecule has 0 fully saturated rings. The Labute approximate surface area is 234 Å². The Morgan fingerprint density at radius 2 is 1.21 bits per heavy atom. The van der Waals surface area contributed by atoms with Gasteiger partial charge in [0, 0.05) is 0 Å². The largest absolute Gasteiger partial charge is 0.490 e. The van der Waals surface area contributed by atoms with Gasteiger partial charge >= 0.3 is 5.97 Å². The van der Waals surface area contributed by atoms with E-state index < -0.39 is 5.97 Å². The standard InChI is InChI=1S/C32H48O7/c1-2-3-4-5-6-7-8-10-13-28-16-17-31(30(26-28)32(33)34)39-25-24-37-21-20-35-18-19-36-22-23-38-27-29-14-11-9-12-15-29/h9,11-12,14-17,26H,2-8,10,13,18-25,27H2,1H3,(H,33,34). The first-order valence-corrected chi connectivity index (χ1v) is 14.5. The first kappa shape index (κ1) is 32.8. The highest BCUT2D eigenvalue weighted by molar-refractivity contribution is 5.91. The first-order chi connectivity index (χ1) is 19.2. The number of aryl methyl sites for hydroxylation is 1. The average molecular weight is 545 g/mol. The van der Waals surface area contributed by atoms with Crippen LogP contribution >= 0.6 is 0 Å². The molecule has 7 nitrogen and oxygen atoms in total. The lowest BCUT2D eigenvalue weighted by molar-refractivity contribution is -0.00663. The maximum absolute atomic E-state index is 11.7. The molecule has 0 aliphatic rings. The molecule has 0 aromatic heterocycles. The molecule has 218 valence electrons. The van der Waals surface area contributed by atoms with Crippen LogP contribution < -0.4 is 4.74 Å². The second-order valence-electron chi connectivity index (χ2n) is 9.58.